The summed E-state index contributed by atoms with van der Waals surface area (Å²) in [6.07, 6.45) is 5.26. The maximum atomic E-state index is 13.3. The number of amides is 2. The minimum Gasteiger partial charge on any atom is -0.331 e. The summed E-state index contributed by atoms with van der Waals surface area (Å²) in [6, 6.07) is 3.57. The highest BCUT2D eigenvalue weighted by Gasteiger charge is 2.31. The molecule has 1 fully saturated rings. The van der Waals surface area contributed by atoms with E-state index in [1.807, 2.05) is 0 Å². The van der Waals surface area contributed by atoms with Gasteiger partial charge in [0.15, 0.2) is 11.6 Å². The molecule has 2 aliphatic heterocycles. The van der Waals surface area contributed by atoms with Crippen molar-refractivity contribution in [2.24, 2.45) is 0 Å². The molecular formula is C17H21F2N3O. The molecule has 23 heavy (non-hydrogen) atoms. The largest absolute Gasteiger partial charge is 0.331 e. The molecule has 0 aromatic heterocycles. The average Bonchev–Trinajstić information content (AvgIpc) is 3.20. The highest BCUT2D eigenvalue weighted by atomic mass is 19.2. The van der Waals surface area contributed by atoms with Gasteiger partial charge in [-0.15, -0.1) is 0 Å². The summed E-state index contributed by atoms with van der Waals surface area (Å²) in [5.41, 5.74) is 0.553. The molecule has 1 aromatic rings. The van der Waals surface area contributed by atoms with Crippen molar-refractivity contribution in [1.82, 2.24) is 15.1 Å². The number of carbonyl (C=O) groups excluding carboxylic acids is 1. The first-order valence-electron chi connectivity index (χ1n) is 7.94. The Morgan fingerprint density at radius 3 is 2.70 bits per heavy atom. The van der Waals surface area contributed by atoms with Crippen molar-refractivity contribution in [2.75, 3.05) is 26.2 Å². The number of halogens is 2. The zero-order chi connectivity index (χ0) is 16.4. The van der Waals surface area contributed by atoms with Crippen molar-refractivity contribution < 1.29 is 13.6 Å². The second-order valence-corrected chi connectivity index (χ2v) is 6.16. The normalized spacial score (nSPS) is 22.6. The quantitative estimate of drug-likeness (QED) is 0.869. The number of nitrogens with zero attached hydrogens (tertiary/aromatic N) is 2. The van der Waals surface area contributed by atoms with Gasteiger partial charge in [0.05, 0.1) is 6.04 Å². The number of likely N-dealkylation sites (tertiary alicyclic amines) is 1. The van der Waals surface area contributed by atoms with Gasteiger partial charge in [-0.1, -0.05) is 18.2 Å². The van der Waals surface area contributed by atoms with Crippen LogP contribution >= 0.6 is 0 Å². The molecule has 2 aliphatic rings. The van der Waals surface area contributed by atoms with E-state index < -0.39 is 11.6 Å². The summed E-state index contributed by atoms with van der Waals surface area (Å²) in [4.78, 5) is 16.5. The summed E-state index contributed by atoms with van der Waals surface area (Å²) in [5.74, 6) is -1.78. The van der Waals surface area contributed by atoms with Crippen molar-refractivity contribution in [3.05, 3.63) is 47.5 Å². The topological polar surface area (TPSA) is 35.6 Å². The zero-order valence-electron chi connectivity index (χ0n) is 13.1. The third-order valence-corrected chi connectivity index (χ3v) is 4.60. The Kier molecular flexibility index (Phi) is 4.61. The second kappa shape index (κ2) is 6.66. The van der Waals surface area contributed by atoms with Crippen molar-refractivity contribution in [3.63, 3.8) is 0 Å². The van der Waals surface area contributed by atoms with E-state index in [1.54, 1.807) is 11.8 Å². The lowest BCUT2D eigenvalue weighted by atomic mass is 10.1. The molecule has 6 heteroatoms. The van der Waals surface area contributed by atoms with Gasteiger partial charge < -0.3 is 10.2 Å². The van der Waals surface area contributed by atoms with Gasteiger partial charge in [-0.25, -0.2) is 13.6 Å². The van der Waals surface area contributed by atoms with Crippen LogP contribution in [0.15, 0.2) is 30.4 Å². The van der Waals surface area contributed by atoms with Gasteiger partial charge >= 0.3 is 6.03 Å². The molecule has 2 amide bonds. The van der Waals surface area contributed by atoms with Crippen LogP contribution in [0.2, 0.25) is 0 Å². The molecule has 2 atom stereocenters. The number of hydrogen-bond donors (Lipinski definition) is 1. The van der Waals surface area contributed by atoms with Gasteiger partial charge in [0, 0.05) is 32.2 Å². The molecule has 3 rings (SSSR count). The second-order valence-electron chi connectivity index (χ2n) is 6.16. The predicted octanol–water partition coefficient (Wildman–Crippen LogP) is 2.68. The van der Waals surface area contributed by atoms with E-state index in [2.05, 4.69) is 22.4 Å². The van der Waals surface area contributed by atoms with Crippen molar-refractivity contribution in [1.29, 1.82) is 0 Å². The molecule has 1 N–H and O–H groups in total. The summed E-state index contributed by atoms with van der Waals surface area (Å²) in [6.45, 7) is 5.09. The summed E-state index contributed by atoms with van der Waals surface area (Å²) in [7, 11) is 0. The van der Waals surface area contributed by atoms with Gasteiger partial charge in [-0.3, -0.25) is 4.90 Å². The van der Waals surface area contributed by atoms with Crippen LogP contribution in [0.3, 0.4) is 0 Å². The lowest BCUT2D eigenvalue weighted by Gasteiger charge is -2.25. The van der Waals surface area contributed by atoms with Gasteiger partial charge in [-0.2, -0.15) is 0 Å². The van der Waals surface area contributed by atoms with E-state index >= 15 is 0 Å². The lowest BCUT2D eigenvalue weighted by Crippen LogP contribution is -2.42. The van der Waals surface area contributed by atoms with E-state index in [4.69, 9.17) is 0 Å². The summed E-state index contributed by atoms with van der Waals surface area (Å²) in [5, 5.41) is 2.86. The third-order valence-electron chi connectivity index (χ3n) is 4.60. The Morgan fingerprint density at radius 1 is 1.26 bits per heavy atom. The fourth-order valence-corrected chi connectivity index (χ4v) is 3.16. The van der Waals surface area contributed by atoms with E-state index in [1.165, 1.54) is 6.07 Å². The molecule has 124 valence electrons. The minimum absolute atomic E-state index is 0.156. The Labute approximate surface area is 134 Å². The molecule has 0 aliphatic carbocycles. The number of rotatable bonds is 3. The first kappa shape index (κ1) is 15.9. The third kappa shape index (κ3) is 3.52. The van der Waals surface area contributed by atoms with E-state index in [0.717, 1.165) is 38.2 Å². The van der Waals surface area contributed by atoms with Crippen molar-refractivity contribution in [3.8, 4) is 0 Å². The average molecular weight is 321 g/mol. The molecule has 1 aromatic carbocycles. The predicted molar refractivity (Wildman–Crippen MR) is 84.0 cm³/mol. The van der Waals surface area contributed by atoms with Gasteiger partial charge in [0.2, 0.25) is 0 Å². The maximum Gasteiger partial charge on any atom is 0.317 e. The molecule has 0 saturated carbocycles. The fourth-order valence-electron chi connectivity index (χ4n) is 3.16. The van der Waals surface area contributed by atoms with Gasteiger partial charge in [0.25, 0.3) is 0 Å². The van der Waals surface area contributed by atoms with Crippen LogP contribution in [0.1, 0.15) is 24.9 Å². The molecule has 0 spiro atoms. The number of nitrogens with one attached hydrogen (secondary N) is 1. The smallest absolute Gasteiger partial charge is 0.317 e. The number of hydrogen-bond acceptors (Lipinski definition) is 2. The highest BCUT2D eigenvalue weighted by molar-refractivity contribution is 5.75. The fraction of sp³-hybridized carbons (Fsp3) is 0.471. The molecule has 4 nitrogen and oxygen atoms in total. The van der Waals surface area contributed by atoms with Crippen LogP contribution in [-0.4, -0.2) is 48.1 Å². The monoisotopic (exact) mass is 321 g/mol. The molecule has 0 radical (unpaired) electrons. The SMILES string of the molecule is C[C@@H](NC(=O)N1CC[C@H](N2CC=CC2)C1)c1ccc(F)c(F)c1. The van der Waals surface area contributed by atoms with Crippen LogP contribution in [0.4, 0.5) is 13.6 Å². The first-order chi connectivity index (χ1) is 11.0. The lowest BCUT2D eigenvalue weighted by molar-refractivity contribution is 0.197. The van der Waals surface area contributed by atoms with Crippen LogP contribution in [0.5, 0.6) is 0 Å². The zero-order valence-corrected chi connectivity index (χ0v) is 13.1. The van der Waals surface area contributed by atoms with Crippen LogP contribution < -0.4 is 5.32 Å². The van der Waals surface area contributed by atoms with E-state index in [9.17, 15) is 13.6 Å². The van der Waals surface area contributed by atoms with Gasteiger partial charge in [-0.05, 0) is 31.0 Å². The molecule has 0 bridgehead atoms. The number of urea groups is 1. The molecule has 0 unspecified atom stereocenters. The van der Waals surface area contributed by atoms with Gasteiger partial charge in [0.1, 0.15) is 0 Å². The molecule has 1 saturated heterocycles. The summed E-state index contributed by atoms with van der Waals surface area (Å²) >= 11 is 0. The Bertz CT molecular complexity index is 612. The van der Waals surface area contributed by atoms with Crippen molar-refractivity contribution in [2.45, 2.75) is 25.4 Å². The number of carbonyl (C=O) groups is 1. The minimum atomic E-state index is -0.897. The Morgan fingerprint density at radius 2 is 2.00 bits per heavy atom. The van der Waals surface area contributed by atoms with Crippen LogP contribution in [0, 0.1) is 11.6 Å². The highest BCUT2D eigenvalue weighted by Crippen LogP contribution is 2.20. The Balaban J connectivity index is 1.55. The number of benzene rings is 1. The Hall–Kier alpha value is -1.95. The van der Waals surface area contributed by atoms with Crippen LogP contribution in [-0.2, 0) is 0 Å². The molecule has 2 heterocycles. The molecular weight excluding hydrogens is 300 g/mol. The van der Waals surface area contributed by atoms with E-state index in [-0.39, 0.29) is 12.1 Å². The van der Waals surface area contributed by atoms with Crippen LogP contribution in [0.25, 0.3) is 0 Å². The van der Waals surface area contributed by atoms with Crippen molar-refractivity contribution >= 4 is 6.03 Å². The maximum absolute atomic E-state index is 13.3. The first-order valence-corrected chi connectivity index (χ1v) is 7.94. The van der Waals surface area contributed by atoms with E-state index in [0.29, 0.717) is 18.2 Å². The standard InChI is InChI=1S/C17H21F2N3O/c1-12(13-4-5-15(18)16(19)10-13)20-17(23)22-9-6-14(11-22)21-7-2-3-8-21/h2-5,10,12,14H,6-9,11H2,1H3,(H,20,23)/t12-,14+/m1/s1. The summed E-state index contributed by atoms with van der Waals surface area (Å²) < 4.78 is 26.3.